The molecular weight excluding hydrogens is 266 g/mol. The Labute approximate surface area is 113 Å². The van der Waals surface area contributed by atoms with Gasteiger partial charge in [-0.3, -0.25) is 4.79 Å². The second kappa shape index (κ2) is 5.56. The van der Waals surface area contributed by atoms with E-state index in [-0.39, 0.29) is 6.54 Å². The van der Waals surface area contributed by atoms with Crippen LogP contribution in [0.25, 0.3) is 0 Å². The Morgan fingerprint density at radius 1 is 1.20 bits per heavy atom. The molecule has 6 heteroatoms. The van der Waals surface area contributed by atoms with Gasteiger partial charge < -0.3 is 16.2 Å². The van der Waals surface area contributed by atoms with E-state index in [1.807, 2.05) is 0 Å². The lowest BCUT2D eigenvalue weighted by Crippen LogP contribution is -2.11. The van der Waals surface area contributed by atoms with Crippen molar-refractivity contribution in [3.05, 3.63) is 59.2 Å². The number of benzene rings is 2. The highest BCUT2D eigenvalue weighted by Crippen LogP contribution is 2.22. The summed E-state index contributed by atoms with van der Waals surface area (Å²) in [6.45, 7) is 0.135. The lowest BCUT2D eigenvalue weighted by molar-refractivity contribution is 0.100. The van der Waals surface area contributed by atoms with Gasteiger partial charge in [-0.15, -0.1) is 0 Å². The summed E-state index contributed by atoms with van der Waals surface area (Å²) >= 11 is 0. The average Bonchev–Trinajstić information content (AvgIpc) is 2.42. The van der Waals surface area contributed by atoms with Crippen LogP contribution >= 0.6 is 0 Å². The normalized spacial score (nSPS) is 10.3. The van der Waals surface area contributed by atoms with Gasteiger partial charge >= 0.3 is 0 Å². The Balaban J connectivity index is 2.13. The van der Waals surface area contributed by atoms with Crippen molar-refractivity contribution >= 4 is 11.6 Å². The molecular formula is C14H12F2N2O2. The number of halogens is 2. The Morgan fingerprint density at radius 2 is 1.85 bits per heavy atom. The molecule has 0 atom stereocenters. The second-order valence-electron chi connectivity index (χ2n) is 4.21. The summed E-state index contributed by atoms with van der Waals surface area (Å²) in [5.74, 6) is -3.60. The highest BCUT2D eigenvalue weighted by atomic mass is 19.1. The van der Waals surface area contributed by atoms with Gasteiger partial charge in [-0.05, 0) is 35.9 Å². The van der Waals surface area contributed by atoms with Crippen molar-refractivity contribution in [1.82, 2.24) is 0 Å². The fourth-order valence-corrected chi connectivity index (χ4v) is 1.71. The van der Waals surface area contributed by atoms with E-state index in [2.05, 4.69) is 5.32 Å². The number of aromatic hydroxyl groups is 1. The monoisotopic (exact) mass is 278 g/mol. The quantitative estimate of drug-likeness (QED) is 0.803. The van der Waals surface area contributed by atoms with E-state index in [0.717, 1.165) is 12.1 Å². The number of anilines is 1. The number of nitrogens with one attached hydrogen (secondary N) is 1. The van der Waals surface area contributed by atoms with Crippen LogP contribution in [0.4, 0.5) is 14.5 Å². The van der Waals surface area contributed by atoms with Crippen LogP contribution in [0, 0.1) is 11.6 Å². The zero-order chi connectivity index (χ0) is 14.7. The first kappa shape index (κ1) is 13.8. The van der Waals surface area contributed by atoms with Crippen molar-refractivity contribution in [2.45, 2.75) is 6.54 Å². The number of amides is 1. The third-order valence-electron chi connectivity index (χ3n) is 2.72. The molecule has 0 saturated heterocycles. The molecule has 2 aromatic carbocycles. The minimum atomic E-state index is -1.02. The van der Waals surface area contributed by atoms with E-state index in [1.165, 1.54) is 6.07 Å². The number of phenolic OH excluding ortho intramolecular Hbond substituents is 1. The molecule has 0 aromatic heterocycles. The fourth-order valence-electron chi connectivity index (χ4n) is 1.71. The Hall–Kier alpha value is -2.63. The molecule has 4 N–H and O–H groups in total. The average molecular weight is 278 g/mol. The molecule has 20 heavy (non-hydrogen) atoms. The first-order valence-corrected chi connectivity index (χ1v) is 5.78. The largest absolute Gasteiger partial charge is 0.503 e. The fraction of sp³-hybridized carbons (Fsp3) is 0.0714. The first-order chi connectivity index (χ1) is 9.47. The van der Waals surface area contributed by atoms with Crippen molar-refractivity contribution in [1.29, 1.82) is 0 Å². The standard InChI is InChI=1S/C14H12F2N2O2/c15-11-4-8(5-12(16)13(11)19)7-18-10-3-1-2-9(6-10)14(17)20/h1-6,18-19H,7H2,(H2,17,20). The van der Waals surface area contributed by atoms with Gasteiger partial charge in [0.15, 0.2) is 17.4 Å². The van der Waals surface area contributed by atoms with Crippen LogP contribution in [0.2, 0.25) is 0 Å². The van der Waals surface area contributed by atoms with Crippen LogP contribution in [-0.2, 0) is 6.54 Å². The molecule has 0 radical (unpaired) electrons. The maximum Gasteiger partial charge on any atom is 0.248 e. The lowest BCUT2D eigenvalue weighted by Gasteiger charge is -2.08. The van der Waals surface area contributed by atoms with E-state index < -0.39 is 23.3 Å². The Bertz CT molecular complexity index is 636. The summed E-state index contributed by atoms with van der Waals surface area (Å²) in [5, 5.41) is 11.9. The third-order valence-corrected chi connectivity index (χ3v) is 2.72. The number of hydrogen-bond donors (Lipinski definition) is 3. The molecule has 0 aliphatic rings. The zero-order valence-corrected chi connectivity index (χ0v) is 10.4. The molecule has 0 saturated carbocycles. The molecule has 0 spiro atoms. The third kappa shape index (κ3) is 3.03. The number of hydrogen-bond acceptors (Lipinski definition) is 3. The van der Waals surface area contributed by atoms with E-state index in [0.29, 0.717) is 16.8 Å². The molecule has 0 aliphatic carbocycles. The molecule has 2 rings (SSSR count). The number of phenols is 1. The summed E-state index contributed by atoms with van der Waals surface area (Å²) in [7, 11) is 0. The summed E-state index contributed by atoms with van der Waals surface area (Å²) in [4.78, 5) is 11.0. The maximum absolute atomic E-state index is 13.2. The lowest BCUT2D eigenvalue weighted by atomic mass is 10.1. The van der Waals surface area contributed by atoms with Crippen LogP contribution in [0.1, 0.15) is 15.9 Å². The van der Waals surface area contributed by atoms with Gasteiger partial charge in [0.25, 0.3) is 0 Å². The van der Waals surface area contributed by atoms with E-state index in [4.69, 9.17) is 10.8 Å². The molecule has 0 aliphatic heterocycles. The molecule has 2 aromatic rings. The van der Waals surface area contributed by atoms with E-state index in [9.17, 15) is 13.6 Å². The molecule has 104 valence electrons. The minimum absolute atomic E-state index is 0.135. The number of rotatable bonds is 4. The van der Waals surface area contributed by atoms with Crippen LogP contribution in [-0.4, -0.2) is 11.0 Å². The molecule has 0 unspecified atom stereocenters. The topological polar surface area (TPSA) is 75.4 Å². The number of carbonyl (C=O) groups is 1. The predicted octanol–water partition coefficient (Wildman–Crippen LogP) is 2.38. The second-order valence-corrected chi connectivity index (χ2v) is 4.21. The highest BCUT2D eigenvalue weighted by Gasteiger charge is 2.09. The van der Waals surface area contributed by atoms with Crippen molar-refractivity contribution in [2.24, 2.45) is 5.73 Å². The van der Waals surface area contributed by atoms with Crippen molar-refractivity contribution in [3.8, 4) is 5.75 Å². The van der Waals surface area contributed by atoms with Crippen molar-refractivity contribution in [3.63, 3.8) is 0 Å². The van der Waals surface area contributed by atoms with E-state index >= 15 is 0 Å². The van der Waals surface area contributed by atoms with Gasteiger partial charge in [-0.2, -0.15) is 0 Å². The Kier molecular flexibility index (Phi) is 3.84. The highest BCUT2D eigenvalue weighted by molar-refractivity contribution is 5.93. The molecule has 0 fully saturated rings. The van der Waals surface area contributed by atoms with Crippen LogP contribution in [0.5, 0.6) is 5.75 Å². The Morgan fingerprint density at radius 3 is 2.45 bits per heavy atom. The van der Waals surface area contributed by atoms with Gasteiger partial charge in [0.2, 0.25) is 5.91 Å². The minimum Gasteiger partial charge on any atom is -0.503 e. The zero-order valence-electron chi connectivity index (χ0n) is 10.4. The number of primary amides is 1. The van der Waals surface area contributed by atoms with Gasteiger partial charge in [0.05, 0.1) is 0 Å². The predicted molar refractivity (Wildman–Crippen MR) is 70.3 cm³/mol. The summed E-state index contributed by atoms with van der Waals surface area (Å²) in [6.07, 6.45) is 0. The van der Waals surface area contributed by atoms with Crippen LogP contribution < -0.4 is 11.1 Å². The van der Waals surface area contributed by atoms with E-state index in [1.54, 1.807) is 18.2 Å². The van der Waals surface area contributed by atoms with Gasteiger partial charge in [0.1, 0.15) is 0 Å². The van der Waals surface area contributed by atoms with Crippen LogP contribution in [0.3, 0.4) is 0 Å². The molecule has 0 heterocycles. The first-order valence-electron chi connectivity index (χ1n) is 5.78. The van der Waals surface area contributed by atoms with Crippen LogP contribution in [0.15, 0.2) is 36.4 Å². The SMILES string of the molecule is NC(=O)c1cccc(NCc2cc(F)c(O)c(F)c2)c1. The van der Waals surface area contributed by atoms with Gasteiger partial charge in [0, 0.05) is 17.8 Å². The summed E-state index contributed by atoms with van der Waals surface area (Å²) in [6, 6.07) is 8.50. The number of nitrogens with two attached hydrogens (primary N) is 1. The molecule has 1 amide bonds. The van der Waals surface area contributed by atoms with Crippen molar-refractivity contribution < 1.29 is 18.7 Å². The number of carbonyl (C=O) groups excluding carboxylic acids is 1. The molecule has 4 nitrogen and oxygen atoms in total. The van der Waals surface area contributed by atoms with Gasteiger partial charge in [-0.25, -0.2) is 8.78 Å². The summed E-state index contributed by atoms with van der Waals surface area (Å²) in [5.41, 5.74) is 6.40. The smallest absolute Gasteiger partial charge is 0.248 e. The maximum atomic E-state index is 13.2. The summed E-state index contributed by atoms with van der Waals surface area (Å²) < 4.78 is 26.3. The molecule has 0 bridgehead atoms. The van der Waals surface area contributed by atoms with Crippen molar-refractivity contribution in [2.75, 3.05) is 5.32 Å². The van der Waals surface area contributed by atoms with Gasteiger partial charge in [-0.1, -0.05) is 6.07 Å².